The number of cyclic esters (lactones) is 1. The highest BCUT2D eigenvalue weighted by Crippen LogP contribution is 2.24. The van der Waals surface area contributed by atoms with Crippen molar-refractivity contribution in [3.63, 3.8) is 0 Å². The monoisotopic (exact) mass is 323 g/mol. The van der Waals surface area contributed by atoms with Crippen molar-refractivity contribution in [2.45, 2.75) is 6.92 Å². The highest BCUT2D eigenvalue weighted by atomic mass is 16.6. The Balaban J connectivity index is 1.88. The molecule has 1 aliphatic heterocycles. The van der Waals surface area contributed by atoms with Gasteiger partial charge in [-0.05, 0) is 43.3 Å². The van der Waals surface area contributed by atoms with Crippen molar-refractivity contribution < 1.29 is 19.0 Å². The second kappa shape index (κ2) is 7.00. The summed E-state index contributed by atoms with van der Waals surface area (Å²) in [5, 5.41) is 0. The number of ether oxygens (including phenoxy) is 3. The molecule has 122 valence electrons. The van der Waals surface area contributed by atoms with E-state index in [1.54, 1.807) is 13.2 Å². The Bertz CT molecular complexity index is 806. The van der Waals surface area contributed by atoms with Gasteiger partial charge in [-0.2, -0.15) is 0 Å². The molecule has 2 aromatic carbocycles. The molecule has 0 bridgehead atoms. The highest BCUT2D eigenvalue weighted by molar-refractivity contribution is 6.13. The first-order chi connectivity index (χ1) is 11.7. The smallest absolute Gasteiger partial charge is 0.363 e. The lowest BCUT2D eigenvalue weighted by Crippen LogP contribution is -2.05. The lowest BCUT2D eigenvalue weighted by atomic mass is 10.1. The van der Waals surface area contributed by atoms with Gasteiger partial charge in [-0.15, -0.1) is 0 Å². The molecule has 5 heteroatoms. The maximum atomic E-state index is 12.1. The van der Waals surface area contributed by atoms with Gasteiger partial charge in [0, 0.05) is 11.1 Å². The fraction of sp³-hybridized carbons (Fsp3) is 0.158. The van der Waals surface area contributed by atoms with E-state index in [0.717, 1.165) is 16.9 Å². The van der Waals surface area contributed by atoms with Crippen LogP contribution in [0, 0.1) is 0 Å². The Hall–Kier alpha value is -3.08. The number of methoxy groups -OCH3 is 1. The van der Waals surface area contributed by atoms with Crippen LogP contribution in [0.2, 0.25) is 0 Å². The molecule has 0 amide bonds. The van der Waals surface area contributed by atoms with Crippen molar-refractivity contribution in [2.24, 2.45) is 4.99 Å². The standard InChI is InChI=1S/C19H17NO4/c1-3-23-15-10-8-13(9-11-15)18-20-16(19(21)24-18)12-14-6-4-5-7-17(14)22-2/h4-12H,3H2,1-2H3/b16-12+. The molecule has 2 aromatic rings. The topological polar surface area (TPSA) is 57.1 Å². The summed E-state index contributed by atoms with van der Waals surface area (Å²) in [4.78, 5) is 16.4. The lowest BCUT2D eigenvalue weighted by molar-refractivity contribution is -0.129. The third-order valence-electron chi connectivity index (χ3n) is 3.46. The zero-order chi connectivity index (χ0) is 16.9. The number of para-hydroxylation sites is 1. The van der Waals surface area contributed by atoms with Gasteiger partial charge in [-0.3, -0.25) is 0 Å². The van der Waals surface area contributed by atoms with Crippen LogP contribution in [-0.2, 0) is 9.53 Å². The molecule has 0 unspecified atom stereocenters. The van der Waals surface area contributed by atoms with Gasteiger partial charge in [0.1, 0.15) is 11.5 Å². The Labute approximate surface area is 140 Å². The normalized spacial score (nSPS) is 15.2. The van der Waals surface area contributed by atoms with E-state index in [0.29, 0.717) is 12.4 Å². The van der Waals surface area contributed by atoms with E-state index in [2.05, 4.69) is 4.99 Å². The molecule has 3 rings (SSSR count). The van der Waals surface area contributed by atoms with E-state index in [9.17, 15) is 4.79 Å². The average Bonchev–Trinajstić information content (AvgIpc) is 2.97. The van der Waals surface area contributed by atoms with Gasteiger partial charge in [0.2, 0.25) is 5.90 Å². The van der Waals surface area contributed by atoms with E-state index >= 15 is 0 Å². The molecule has 0 atom stereocenters. The van der Waals surface area contributed by atoms with Crippen molar-refractivity contribution in [3.05, 3.63) is 65.4 Å². The van der Waals surface area contributed by atoms with Gasteiger partial charge in [0.25, 0.3) is 0 Å². The van der Waals surface area contributed by atoms with Crippen molar-refractivity contribution >= 4 is 17.9 Å². The highest BCUT2D eigenvalue weighted by Gasteiger charge is 2.24. The predicted octanol–water partition coefficient (Wildman–Crippen LogP) is 3.44. The number of benzene rings is 2. The minimum Gasteiger partial charge on any atom is -0.496 e. The summed E-state index contributed by atoms with van der Waals surface area (Å²) < 4.78 is 15.9. The van der Waals surface area contributed by atoms with Crippen molar-refractivity contribution in [1.82, 2.24) is 0 Å². The summed E-state index contributed by atoms with van der Waals surface area (Å²) in [6.07, 6.45) is 1.66. The van der Waals surface area contributed by atoms with Gasteiger partial charge >= 0.3 is 5.97 Å². The number of esters is 1. The van der Waals surface area contributed by atoms with E-state index in [-0.39, 0.29) is 11.6 Å². The van der Waals surface area contributed by atoms with Crippen molar-refractivity contribution in [2.75, 3.05) is 13.7 Å². The molecule has 24 heavy (non-hydrogen) atoms. The molecule has 5 nitrogen and oxygen atoms in total. The molecule has 0 saturated carbocycles. The van der Waals surface area contributed by atoms with Gasteiger partial charge in [-0.1, -0.05) is 18.2 Å². The SMILES string of the molecule is CCOc1ccc(C2=N/C(=C/c3ccccc3OC)C(=O)O2)cc1. The Morgan fingerprint density at radius 2 is 1.88 bits per heavy atom. The molecule has 0 aliphatic carbocycles. The number of hydrogen-bond acceptors (Lipinski definition) is 5. The summed E-state index contributed by atoms with van der Waals surface area (Å²) in [5.74, 6) is 1.23. The van der Waals surface area contributed by atoms with Crippen LogP contribution >= 0.6 is 0 Å². The van der Waals surface area contributed by atoms with Crippen LogP contribution < -0.4 is 9.47 Å². The molecule has 0 aromatic heterocycles. The first kappa shape index (κ1) is 15.8. The quantitative estimate of drug-likeness (QED) is 0.625. The van der Waals surface area contributed by atoms with E-state index in [1.807, 2.05) is 55.5 Å². The molecule has 0 fully saturated rings. The summed E-state index contributed by atoms with van der Waals surface area (Å²) in [6.45, 7) is 2.52. The summed E-state index contributed by atoms with van der Waals surface area (Å²) in [5.41, 5.74) is 1.72. The molecule has 1 heterocycles. The first-order valence-corrected chi connectivity index (χ1v) is 7.60. The zero-order valence-electron chi connectivity index (χ0n) is 13.5. The van der Waals surface area contributed by atoms with Gasteiger partial charge in [0.15, 0.2) is 5.70 Å². The summed E-state index contributed by atoms with van der Waals surface area (Å²) in [6, 6.07) is 14.7. The second-order valence-electron chi connectivity index (χ2n) is 5.04. The molecule has 1 aliphatic rings. The fourth-order valence-electron chi connectivity index (χ4n) is 2.33. The maximum absolute atomic E-state index is 12.1. The molecular formula is C19H17NO4. The van der Waals surface area contributed by atoms with Crippen LogP contribution in [0.5, 0.6) is 11.5 Å². The second-order valence-corrected chi connectivity index (χ2v) is 5.04. The number of hydrogen-bond donors (Lipinski definition) is 0. The van der Waals surface area contributed by atoms with Crippen LogP contribution in [0.4, 0.5) is 0 Å². The lowest BCUT2D eigenvalue weighted by Gasteiger charge is -2.03. The van der Waals surface area contributed by atoms with Crippen LogP contribution in [0.3, 0.4) is 0 Å². The molecule has 0 radical (unpaired) electrons. The number of nitrogens with zero attached hydrogens (tertiary/aromatic N) is 1. The van der Waals surface area contributed by atoms with Gasteiger partial charge in [0.05, 0.1) is 13.7 Å². The van der Waals surface area contributed by atoms with Gasteiger partial charge in [-0.25, -0.2) is 9.79 Å². The summed E-state index contributed by atoms with van der Waals surface area (Å²) >= 11 is 0. The number of carbonyl (C=O) groups excluding carboxylic acids is 1. The van der Waals surface area contributed by atoms with Crippen LogP contribution in [0.15, 0.2) is 59.2 Å². The minimum absolute atomic E-state index is 0.239. The maximum Gasteiger partial charge on any atom is 0.363 e. The van der Waals surface area contributed by atoms with Crippen LogP contribution in [-0.4, -0.2) is 25.6 Å². The molecule has 0 saturated heterocycles. The van der Waals surface area contributed by atoms with Crippen LogP contribution in [0.1, 0.15) is 18.1 Å². The number of carbonyl (C=O) groups is 1. The largest absolute Gasteiger partial charge is 0.496 e. The van der Waals surface area contributed by atoms with Crippen molar-refractivity contribution in [3.8, 4) is 11.5 Å². The van der Waals surface area contributed by atoms with E-state index < -0.39 is 5.97 Å². The van der Waals surface area contributed by atoms with Crippen molar-refractivity contribution in [1.29, 1.82) is 0 Å². The first-order valence-electron chi connectivity index (χ1n) is 7.60. The number of rotatable bonds is 5. The molecular weight excluding hydrogens is 306 g/mol. The fourth-order valence-corrected chi connectivity index (χ4v) is 2.33. The summed E-state index contributed by atoms with van der Waals surface area (Å²) in [7, 11) is 1.58. The van der Waals surface area contributed by atoms with E-state index in [1.165, 1.54) is 0 Å². The van der Waals surface area contributed by atoms with E-state index in [4.69, 9.17) is 14.2 Å². The Morgan fingerprint density at radius 1 is 1.12 bits per heavy atom. The molecule has 0 spiro atoms. The van der Waals surface area contributed by atoms with Crippen LogP contribution in [0.25, 0.3) is 6.08 Å². The third-order valence-corrected chi connectivity index (χ3v) is 3.46. The predicted molar refractivity (Wildman–Crippen MR) is 91.2 cm³/mol. The Kier molecular flexibility index (Phi) is 4.61. The zero-order valence-corrected chi connectivity index (χ0v) is 13.5. The molecule has 0 N–H and O–H groups in total. The number of aliphatic imine (C=N–C) groups is 1. The third kappa shape index (κ3) is 3.30. The average molecular weight is 323 g/mol. The Morgan fingerprint density at radius 3 is 2.58 bits per heavy atom. The van der Waals surface area contributed by atoms with Gasteiger partial charge < -0.3 is 14.2 Å². The minimum atomic E-state index is -0.482.